The molecule has 4 aliphatic rings. The summed E-state index contributed by atoms with van der Waals surface area (Å²) >= 11 is 0. The first kappa shape index (κ1) is 12.0. The van der Waals surface area contributed by atoms with Gasteiger partial charge in [-0.3, -0.25) is 9.59 Å². The molecule has 4 nitrogen and oxygen atoms in total. The van der Waals surface area contributed by atoms with Gasteiger partial charge in [0.25, 0.3) is 5.91 Å². The second-order valence-electron chi connectivity index (χ2n) is 6.45. The average Bonchev–Trinajstić information content (AvgIpc) is 2.33. The van der Waals surface area contributed by atoms with Gasteiger partial charge >= 0.3 is 5.97 Å². The van der Waals surface area contributed by atoms with E-state index < -0.39 is 0 Å². The van der Waals surface area contributed by atoms with Gasteiger partial charge in [0, 0.05) is 7.05 Å². The number of carbonyl (C=O) groups excluding carboxylic acids is 2. The first-order chi connectivity index (χ1) is 8.61. The Morgan fingerprint density at radius 1 is 1.11 bits per heavy atom. The van der Waals surface area contributed by atoms with Crippen molar-refractivity contribution in [3.8, 4) is 0 Å². The van der Waals surface area contributed by atoms with Crippen molar-refractivity contribution < 1.29 is 14.3 Å². The lowest BCUT2D eigenvalue weighted by Crippen LogP contribution is -2.51. The minimum Gasteiger partial charge on any atom is -0.455 e. The summed E-state index contributed by atoms with van der Waals surface area (Å²) in [4.78, 5) is 23.5. The molecule has 0 aromatic carbocycles. The minimum absolute atomic E-state index is 0.120. The van der Waals surface area contributed by atoms with Gasteiger partial charge in [-0.25, -0.2) is 0 Å². The van der Waals surface area contributed by atoms with Crippen LogP contribution < -0.4 is 5.32 Å². The molecule has 0 aromatic rings. The first-order valence-corrected chi connectivity index (χ1v) is 6.99. The SMILES string of the molecule is CNC(=O)COC(=O)C12CC3CC(CC(C3)C1)C2. The van der Waals surface area contributed by atoms with Crippen molar-refractivity contribution in [3.05, 3.63) is 0 Å². The van der Waals surface area contributed by atoms with Crippen LogP contribution in [0.4, 0.5) is 0 Å². The largest absolute Gasteiger partial charge is 0.455 e. The topological polar surface area (TPSA) is 55.4 Å². The number of likely N-dealkylation sites (N-methyl/N-ethyl adjacent to an activating group) is 1. The highest BCUT2D eigenvalue weighted by atomic mass is 16.5. The normalized spacial score (nSPS) is 40.6. The smallest absolute Gasteiger partial charge is 0.312 e. The number of carbonyl (C=O) groups is 2. The average molecular weight is 251 g/mol. The van der Waals surface area contributed by atoms with E-state index in [4.69, 9.17) is 4.74 Å². The molecule has 0 aliphatic heterocycles. The molecule has 4 saturated carbocycles. The highest BCUT2D eigenvalue weighted by molar-refractivity contribution is 5.83. The fraction of sp³-hybridized carbons (Fsp3) is 0.857. The van der Waals surface area contributed by atoms with E-state index in [0.717, 1.165) is 37.0 Å². The number of amides is 1. The molecule has 0 unspecified atom stereocenters. The van der Waals surface area contributed by atoms with Crippen LogP contribution in [0.1, 0.15) is 38.5 Å². The molecule has 4 heteroatoms. The van der Waals surface area contributed by atoms with Crippen molar-refractivity contribution in [2.45, 2.75) is 38.5 Å². The van der Waals surface area contributed by atoms with E-state index in [0.29, 0.717) is 0 Å². The van der Waals surface area contributed by atoms with Gasteiger partial charge in [-0.2, -0.15) is 0 Å². The minimum atomic E-state index is -0.247. The van der Waals surface area contributed by atoms with Gasteiger partial charge in [0.1, 0.15) is 0 Å². The zero-order valence-corrected chi connectivity index (χ0v) is 10.9. The Kier molecular flexibility index (Phi) is 2.83. The second-order valence-corrected chi connectivity index (χ2v) is 6.45. The zero-order chi connectivity index (χ0) is 12.8. The maximum absolute atomic E-state index is 12.3. The predicted octanol–water partition coefficient (Wildman–Crippen LogP) is 1.49. The molecular formula is C14H21NO3. The Bertz CT molecular complexity index is 342. The molecule has 4 fully saturated rings. The fourth-order valence-corrected chi connectivity index (χ4v) is 4.72. The standard InChI is InChI=1S/C14H21NO3/c1-15-12(16)8-18-13(17)14-5-9-2-10(6-14)4-11(3-9)7-14/h9-11H,2-8H2,1H3,(H,15,16). The summed E-state index contributed by atoms with van der Waals surface area (Å²) in [5.41, 5.74) is -0.247. The van der Waals surface area contributed by atoms with Crippen molar-refractivity contribution in [3.63, 3.8) is 0 Å². The van der Waals surface area contributed by atoms with E-state index in [1.54, 1.807) is 7.05 Å². The molecule has 0 aromatic heterocycles. The lowest BCUT2D eigenvalue weighted by Gasteiger charge is -2.55. The van der Waals surface area contributed by atoms with Crippen LogP contribution in [-0.4, -0.2) is 25.5 Å². The van der Waals surface area contributed by atoms with Crippen LogP contribution in [0.3, 0.4) is 0 Å². The Morgan fingerprint density at radius 2 is 1.61 bits per heavy atom. The summed E-state index contributed by atoms with van der Waals surface area (Å²) in [6, 6.07) is 0. The lowest BCUT2D eigenvalue weighted by atomic mass is 9.49. The summed E-state index contributed by atoms with van der Waals surface area (Å²) in [5, 5.41) is 2.48. The summed E-state index contributed by atoms with van der Waals surface area (Å²) in [6.07, 6.45) is 6.90. The van der Waals surface area contributed by atoms with Gasteiger partial charge in [0.2, 0.25) is 0 Å². The van der Waals surface area contributed by atoms with Gasteiger partial charge in [0.05, 0.1) is 5.41 Å². The van der Waals surface area contributed by atoms with E-state index in [1.165, 1.54) is 19.3 Å². The van der Waals surface area contributed by atoms with Crippen LogP contribution in [0, 0.1) is 23.2 Å². The molecule has 4 aliphatic carbocycles. The molecule has 4 bridgehead atoms. The number of ether oxygens (including phenoxy) is 1. The van der Waals surface area contributed by atoms with Crippen LogP contribution in [0.15, 0.2) is 0 Å². The summed E-state index contributed by atoms with van der Waals surface area (Å²) in [6.45, 7) is -0.128. The molecule has 1 amide bonds. The van der Waals surface area contributed by atoms with Crippen molar-refractivity contribution in [2.75, 3.05) is 13.7 Å². The highest BCUT2D eigenvalue weighted by Crippen LogP contribution is 2.60. The monoisotopic (exact) mass is 251 g/mol. The third-order valence-corrected chi connectivity index (χ3v) is 5.08. The van der Waals surface area contributed by atoms with Crippen LogP contribution in [0.5, 0.6) is 0 Å². The van der Waals surface area contributed by atoms with Crippen molar-refractivity contribution in [1.82, 2.24) is 5.32 Å². The van der Waals surface area contributed by atoms with Crippen molar-refractivity contribution in [2.24, 2.45) is 23.2 Å². The van der Waals surface area contributed by atoms with Gasteiger partial charge in [-0.05, 0) is 56.3 Å². The molecule has 0 atom stereocenters. The Hall–Kier alpha value is -1.06. The predicted molar refractivity (Wildman–Crippen MR) is 65.6 cm³/mol. The molecule has 0 radical (unpaired) electrons. The highest BCUT2D eigenvalue weighted by Gasteiger charge is 2.55. The van der Waals surface area contributed by atoms with Gasteiger partial charge in [-0.15, -0.1) is 0 Å². The maximum Gasteiger partial charge on any atom is 0.312 e. The summed E-state index contributed by atoms with van der Waals surface area (Å²) in [5.74, 6) is 1.83. The van der Waals surface area contributed by atoms with E-state index in [-0.39, 0.29) is 23.9 Å². The number of hydrogen-bond acceptors (Lipinski definition) is 3. The molecule has 18 heavy (non-hydrogen) atoms. The van der Waals surface area contributed by atoms with Gasteiger partial charge < -0.3 is 10.1 Å². The first-order valence-electron chi connectivity index (χ1n) is 6.99. The number of esters is 1. The fourth-order valence-electron chi connectivity index (χ4n) is 4.72. The third-order valence-electron chi connectivity index (χ3n) is 5.08. The van der Waals surface area contributed by atoms with E-state index in [2.05, 4.69) is 5.32 Å². The van der Waals surface area contributed by atoms with Crippen LogP contribution in [-0.2, 0) is 14.3 Å². The third kappa shape index (κ3) is 1.91. The van der Waals surface area contributed by atoms with Crippen LogP contribution in [0.2, 0.25) is 0 Å². The van der Waals surface area contributed by atoms with Gasteiger partial charge in [0.15, 0.2) is 6.61 Å². The van der Waals surface area contributed by atoms with E-state index >= 15 is 0 Å². The zero-order valence-electron chi connectivity index (χ0n) is 10.9. The lowest BCUT2D eigenvalue weighted by molar-refractivity contribution is -0.173. The summed E-state index contributed by atoms with van der Waals surface area (Å²) < 4.78 is 5.23. The summed E-state index contributed by atoms with van der Waals surface area (Å²) in [7, 11) is 1.56. The van der Waals surface area contributed by atoms with Crippen LogP contribution in [0.25, 0.3) is 0 Å². The molecular weight excluding hydrogens is 230 g/mol. The van der Waals surface area contributed by atoms with Gasteiger partial charge in [-0.1, -0.05) is 0 Å². The van der Waals surface area contributed by atoms with E-state index in [1.807, 2.05) is 0 Å². The van der Waals surface area contributed by atoms with E-state index in [9.17, 15) is 9.59 Å². The molecule has 1 N–H and O–H groups in total. The number of nitrogens with one attached hydrogen (secondary N) is 1. The Labute approximate surface area is 107 Å². The number of hydrogen-bond donors (Lipinski definition) is 1. The molecule has 100 valence electrons. The number of rotatable bonds is 3. The Balaban J connectivity index is 1.67. The quantitative estimate of drug-likeness (QED) is 0.773. The molecule has 0 spiro atoms. The van der Waals surface area contributed by atoms with Crippen molar-refractivity contribution in [1.29, 1.82) is 0 Å². The molecule has 0 heterocycles. The van der Waals surface area contributed by atoms with Crippen molar-refractivity contribution >= 4 is 11.9 Å². The second kappa shape index (κ2) is 4.25. The molecule has 4 rings (SSSR count). The molecule has 0 saturated heterocycles. The maximum atomic E-state index is 12.3. The Morgan fingerprint density at radius 3 is 2.06 bits per heavy atom. The van der Waals surface area contributed by atoms with Crippen LogP contribution >= 0.6 is 0 Å².